The van der Waals surface area contributed by atoms with E-state index in [2.05, 4.69) is 20.2 Å². The maximum atomic E-state index is 12.8. The molecule has 0 atom stereocenters. The van der Waals surface area contributed by atoms with Crippen LogP contribution >= 0.6 is 0 Å². The number of rotatable bonds is 6. The zero-order valence-corrected chi connectivity index (χ0v) is 16.2. The number of aromatic nitrogens is 2. The molecule has 1 aliphatic heterocycles. The van der Waals surface area contributed by atoms with Gasteiger partial charge in [-0.2, -0.15) is 4.98 Å². The monoisotopic (exact) mass is 371 g/mol. The van der Waals surface area contributed by atoms with Gasteiger partial charge in [0.15, 0.2) is 5.82 Å². The lowest BCUT2D eigenvalue weighted by Gasteiger charge is -2.21. The molecule has 1 saturated heterocycles. The normalized spacial score (nSPS) is 13.4. The number of hydrogen-bond donors (Lipinski definition) is 1. The minimum Gasteiger partial charge on any atom is -0.497 e. The molecule has 1 aliphatic rings. The van der Waals surface area contributed by atoms with Crippen LogP contribution in [-0.2, 0) is 0 Å². The van der Waals surface area contributed by atoms with Crippen molar-refractivity contribution in [2.75, 3.05) is 56.5 Å². The number of carbonyl (C=O) groups is 1. The van der Waals surface area contributed by atoms with Gasteiger partial charge in [0.25, 0.3) is 5.91 Å². The average molecular weight is 371 g/mol. The molecule has 8 nitrogen and oxygen atoms in total. The average Bonchev–Trinajstić information content (AvgIpc) is 3.22. The summed E-state index contributed by atoms with van der Waals surface area (Å²) in [5.41, 5.74) is 0.981. The Labute approximate surface area is 159 Å². The number of amides is 1. The van der Waals surface area contributed by atoms with E-state index in [9.17, 15) is 4.79 Å². The number of benzene rings is 1. The topological polar surface area (TPSA) is 79.8 Å². The third kappa shape index (κ3) is 4.21. The molecule has 0 aliphatic carbocycles. The zero-order chi connectivity index (χ0) is 19.4. The second-order valence-electron chi connectivity index (χ2n) is 6.55. The van der Waals surface area contributed by atoms with Crippen LogP contribution in [0.15, 0.2) is 24.4 Å². The summed E-state index contributed by atoms with van der Waals surface area (Å²) in [6.07, 6.45) is 3.96. The standard InChI is InChI=1S/C19H25N5O3/c1-23(2)17-16(12-20-19(22-17)24-7-5-6-8-24)21-18(25)13-9-14(26-3)11-15(10-13)27-4/h9-12H,5-8H2,1-4H3,(H,21,25). The number of nitrogens with zero attached hydrogens (tertiary/aromatic N) is 4. The summed E-state index contributed by atoms with van der Waals surface area (Å²) in [4.78, 5) is 25.9. The number of ether oxygens (including phenoxy) is 2. The minimum absolute atomic E-state index is 0.284. The highest BCUT2D eigenvalue weighted by molar-refractivity contribution is 6.06. The Morgan fingerprint density at radius 1 is 1.11 bits per heavy atom. The van der Waals surface area contributed by atoms with Gasteiger partial charge in [0.2, 0.25) is 5.95 Å². The van der Waals surface area contributed by atoms with Gasteiger partial charge < -0.3 is 24.6 Å². The quantitative estimate of drug-likeness (QED) is 0.835. The summed E-state index contributed by atoms with van der Waals surface area (Å²) in [5.74, 6) is 2.17. The smallest absolute Gasteiger partial charge is 0.256 e. The Balaban J connectivity index is 1.87. The van der Waals surface area contributed by atoms with Crippen LogP contribution in [0.3, 0.4) is 0 Å². The van der Waals surface area contributed by atoms with Gasteiger partial charge in [0.05, 0.1) is 20.4 Å². The molecule has 1 fully saturated rings. The summed E-state index contributed by atoms with van der Waals surface area (Å²) in [5, 5.41) is 2.89. The second kappa shape index (κ2) is 8.11. The van der Waals surface area contributed by atoms with Crippen LogP contribution in [0.2, 0.25) is 0 Å². The van der Waals surface area contributed by atoms with Crippen LogP contribution in [0.4, 0.5) is 17.5 Å². The van der Waals surface area contributed by atoms with Crippen LogP contribution in [0.25, 0.3) is 0 Å². The van der Waals surface area contributed by atoms with Gasteiger partial charge >= 0.3 is 0 Å². The molecule has 1 amide bonds. The Hall–Kier alpha value is -3.03. The predicted octanol–water partition coefficient (Wildman–Crippen LogP) is 2.41. The highest BCUT2D eigenvalue weighted by atomic mass is 16.5. The number of hydrogen-bond acceptors (Lipinski definition) is 7. The van der Waals surface area contributed by atoms with E-state index in [1.54, 1.807) is 38.6 Å². The van der Waals surface area contributed by atoms with Gasteiger partial charge in [0, 0.05) is 38.8 Å². The highest BCUT2D eigenvalue weighted by Gasteiger charge is 2.19. The summed E-state index contributed by atoms with van der Waals surface area (Å²) in [6, 6.07) is 5.04. The molecule has 144 valence electrons. The van der Waals surface area contributed by atoms with Crippen molar-refractivity contribution >= 4 is 23.4 Å². The SMILES string of the molecule is COc1cc(OC)cc(C(=O)Nc2cnc(N3CCCC3)nc2N(C)C)c1. The van der Waals surface area contributed by atoms with Crippen molar-refractivity contribution in [2.24, 2.45) is 0 Å². The lowest BCUT2D eigenvalue weighted by atomic mass is 10.2. The molecule has 8 heteroatoms. The number of carbonyl (C=O) groups excluding carboxylic acids is 1. The first-order valence-electron chi connectivity index (χ1n) is 8.85. The van der Waals surface area contributed by atoms with Gasteiger partial charge in [-0.05, 0) is 25.0 Å². The predicted molar refractivity (Wildman–Crippen MR) is 105 cm³/mol. The van der Waals surface area contributed by atoms with Crippen molar-refractivity contribution in [1.29, 1.82) is 0 Å². The molecule has 2 heterocycles. The molecule has 1 aromatic heterocycles. The van der Waals surface area contributed by atoms with Crippen molar-refractivity contribution in [3.8, 4) is 11.5 Å². The van der Waals surface area contributed by atoms with Gasteiger partial charge in [-0.25, -0.2) is 4.98 Å². The molecule has 3 rings (SSSR count). The number of nitrogens with one attached hydrogen (secondary N) is 1. The van der Waals surface area contributed by atoms with Crippen LogP contribution in [0.1, 0.15) is 23.2 Å². The Morgan fingerprint density at radius 2 is 1.74 bits per heavy atom. The van der Waals surface area contributed by atoms with E-state index >= 15 is 0 Å². The van der Waals surface area contributed by atoms with E-state index in [-0.39, 0.29) is 5.91 Å². The zero-order valence-electron chi connectivity index (χ0n) is 16.2. The van der Waals surface area contributed by atoms with Crippen molar-refractivity contribution in [3.05, 3.63) is 30.0 Å². The van der Waals surface area contributed by atoms with Crippen LogP contribution in [0, 0.1) is 0 Å². The number of methoxy groups -OCH3 is 2. The minimum atomic E-state index is -0.284. The molecule has 0 radical (unpaired) electrons. The van der Waals surface area contributed by atoms with E-state index in [0.29, 0.717) is 34.5 Å². The van der Waals surface area contributed by atoms with E-state index < -0.39 is 0 Å². The fourth-order valence-corrected chi connectivity index (χ4v) is 3.00. The van der Waals surface area contributed by atoms with Gasteiger partial charge in [0.1, 0.15) is 17.2 Å². The largest absolute Gasteiger partial charge is 0.497 e. The summed E-state index contributed by atoms with van der Waals surface area (Å²) in [7, 11) is 6.87. The highest BCUT2D eigenvalue weighted by Crippen LogP contribution is 2.27. The first kappa shape index (κ1) is 18.8. The molecule has 2 aromatic rings. The van der Waals surface area contributed by atoms with Gasteiger partial charge in [-0.1, -0.05) is 0 Å². The van der Waals surface area contributed by atoms with Crippen LogP contribution < -0.4 is 24.6 Å². The van der Waals surface area contributed by atoms with Crippen molar-refractivity contribution < 1.29 is 14.3 Å². The van der Waals surface area contributed by atoms with Crippen molar-refractivity contribution in [1.82, 2.24) is 9.97 Å². The lowest BCUT2D eigenvalue weighted by Crippen LogP contribution is -2.23. The molecular weight excluding hydrogens is 346 g/mol. The summed E-state index contributed by atoms with van der Waals surface area (Å²) in [6.45, 7) is 1.92. The third-order valence-electron chi connectivity index (χ3n) is 4.43. The van der Waals surface area contributed by atoms with E-state index in [0.717, 1.165) is 25.9 Å². The van der Waals surface area contributed by atoms with Crippen molar-refractivity contribution in [2.45, 2.75) is 12.8 Å². The molecule has 0 unspecified atom stereocenters. The molecule has 0 bridgehead atoms. The Bertz CT molecular complexity index is 797. The third-order valence-corrected chi connectivity index (χ3v) is 4.43. The molecule has 27 heavy (non-hydrogen) atoms. The van der Waals surface area contributed by atoms with Crippen LogP contribution in [-0.4, -0.2) is 57.3 Å². The van der Waals surface area contributed by atoms with Crippen molar-refractivity contribution in [3.63, 3.8) is 0 Å². The first-order chi connectivity index (χ1) is 13.0. The maximum Gasteiger partial charge on any atom is 0.256 e. The molecule has 0 saturated carbocycles. The summed E-state index contributed by atoms with van der Waals surface area (Å²) < 4.78 is 10.5. The first-order valence-corrected chi connectivity index (χ1v) is 8.85. The van der Waals surface area contributed by atoms with Gasteiger partial charge in [-0.3, -0.25) is 4.79 Å². The van der Waals surface area contributed by atoms with E-state index in [4.69, 9.17) is 9.47 Å². The Kier molecular flexibility index (Phi) is 5.63. The molecule has 1 aromatic carbocycles. The van der Waals surface area contributed by atoms with E-state index in [1.165, 1.54) is 0 Å². The maximum absolute atomic E-state index is 12.8. The Morgan fingerprint density at radius 3 is 2.30 bits per heavy atom. The molecular formula is C19H25N5O3. The van der Waals surface area contributed by atoms with Gasteiger partial charge in [-0.15, -0.1) is 0 Å². The second-order valence-corrected chi connectivity index (χ2v) is 6.55. The summed E-state index contributed by atoms with van der Waals surface area (Å²) >= 11 is 0. The lowest BCUT2D eigenvalue weighted by molar-refractivity contribution is 0.102. The van der Waals surface area contributed by atoms with E-state index in [1.807, 2.05) is 19.0 Å². The molecule has 1 N–H and O–H groups in total. The molecule has 0 spiro atoms. The number of anilines is 3. The fourth-order valence-electron chi connectivity index (χ4n) is 3.00. The fraction of sp³-hybridized carbons (Fsp3) is 0.421. The van der Waals surface area contributed by atoms with Crippen LogP contribution in [0.5, 0.6) is 11.5 Å².